The van der Waals surface area contributed by atoms with Gasteiger partial charge in [0.05, 0.1) is 0 Å². The van der Waals surface area contributed by atoms with E-state index in [0.717, 1.165) is 0 Å². The molecule has 1 heterocycles. The van der Waals surface area contributed by atoms with E-state index >= 15 is 0 Å². The highest BCUT2D eigenvalue weighted by Crippen LogP contribution is 2.23. The lowest BCUT2D eigenvalue weighted by molar-refractivity contribution is -0.287. The number of nitrogens with one attached hydrogen (secondary N) is 1. The van der Waals surface area contributed by atoms with Crippen molar-refractivity contribution in [2.75, 3.05) is 21.3 Å². The molecule has 3 N–H and O–H groups in total. The molecule has 1 rings (SSSR count). The van der Waals surface area contributed by atoms with Crippen LogP contribution >= 0.6 is 0 Å². The first-order valence-electron chi connectivity index (χ1n) is 4.85. The molecule has 7 heteroatoms. The van der Waals surface area contributed by atoms with Crippen LogP contribution in [0.15, 0.2) is 0 Å². The van der Waals surface area contributed by atoms with Gasteiger partial charge in [0.2, 0.25) is 0 Å². The zero-order chi connectivity index (χ0) is 12.3. The van der Waals surface area contributed by atoms with E-state index in [1.54, 1.807) is 0 Å². The number of carbonyl (C=O) groups is 1. The third-order valence-corrected chi connectivity index (χ3v) is 2.55. The predicted molar refractivity (Wildman–Crippen MR) is 52.5 cm³/mol. The van der Waals surface area contributed by atoms with Crippen LogP contribution in [0.5, 0.6) is 0 Å². The molecule has 0 saturated carbocycles. The number of hydrogen-bond acceptors (Lipinski definition) is 6. The van der Waals surface area contributed by atoms with Gasteiger partial charge in [0.25, 0.3) is 5.91 Å². The highest BCUT2D eigenvalue weighted by molar-refractivity contribution is 5.81. The molecule has 0 radical (unpaired) electrons. The molecule has 0 bridgehead atoms. The van der Waals surface area contributed by atoms with Crippen LogP contribution < -0.4 is 5.32 Å². The molecule has 0 aromatic rings. The molecule has 2 unspecified atom stereocenters. The highest BCUT2D eigenvalue weighted by Gasteiger charge is 2.47. The molecule has 0 aromatic heterocycles. The summed E-state index contributed by atoms with van der Waals surface area (Å²) in [5.74, 6) is -0.445. The Morgan fingerprint density at radius 1 is 1.25 bits per heavy atom. The van der Waals surface area contributed by atoms with E-state index in [1.165, 1.54) is 21.3 Å². The lowest BCUT2D eigenvalue weighted by atomic mass is 9.98. The molecule has 16 heavy (non-hydrogen) atoms. The number of methoxy groups -OCH3 is 2. The van der Waals surface area contributed by atoms with Gasteiger partial charge in [-0.2, -0.15) is 0 Å². The second kappa shape index (κ2) is 5.55. The number of likely N-dealkylation sites (N-methyl/N-ethyl adjacent to an activating group) is 1. The van der Waals surface area contributed by atoms with Crippen LogP contribution in [0.1, 0.15) is 0 Å². The minimum atomic E-state index is -1.25. The smallest absolute Gasteiger partial charge is 0.251 e. The highest BCUT2D eigenvalue weighted by atomic mass is 16.7. The van der Waals surface area contributed by atoms with Gasteiger partial charge >= 0.3 is 0 Å². The molecule has 7 nitrogen and oxygen atoms in total. The average molecular weight is 235 g/mol. The lowest BCUT2D eigenvalue weighted by Crippen LogP contribution is -2.62. The molecule has 1 aliphatic heterocycles. The van der Waals surface area contributed by atoms with Gasteiger partial charge in [0.1, 0.15) is 18.3 Å². The molecular formula is C9H17NO6. The zero-order valence-electron chi connectivity index (χ0n) is 9.41. The van der Waals surface area contributed by atoms with E-state index < -0.39 is 36.6 Å². The summed E-state index contributed by atoms with van der Waals surface area (Å²) in [6.07, 6.45) is -5.50. The van der Waals surface area contributed by atoms with Gasteiger partial charge in [-0.05, 0) is 0 Å². The third kappa shape index (κ3) is 2.33. The van der Waals surface area contributed by atoms with Gasteiger partial charge in [0, 0.05) is 21.3 Å². The zero-order valence-corrected chi connectivity index (χ0v) is 9.41. The van der Waals surface area contributed by atoms with E-state index in [2.05, 4.69) is 5.32 Å². The largest absolute Gasteiger partial charge is 0.387 e. The van der Waals surface area contributed by atoms with Crippen molar-refractivity contribution in [1.29, 1.82) is 0 Å². The van der Waals surface area contributed by atoms with Crippen molar-refractivity contribution in [3.8, 4) is 0 Å². The first kappa shape index (κ1) is 13.3. The molecule has 94 valence electrons. The summed E-state index contributed by atoms with van der Waals surface area (Å²) in [5, 5.41) is 21.7. The molecular weight excluding hydrogens is 218 g/mol. The summed E-state index contributed by atoms with van der Waals surface area (Å²) in [6, 6.07) is 0. The Morgan fingerprint density at radius 2 is 1.88 bits per heavy atom. The van der Waals surface area contributed by atoms with Crippen LogP contribution in [0.25, 0.3) is 0 Å². The van der Waals surface area contributed by atoms with Crippen molar-refractivity contribution >= 4 is 5.91 Å². The van der Waals surface area contributed by atoms with Gasteiger partial charge in [-0.3, -0.25) is 4.79 Å². The van der Waals surface area contributed by atoms with Crippen molar-refractivity contribution in [1.82, 2.24) is 5.32 Å². The van der Waals surface area contributed by atoms with Crippen LogP contribution in [0.4, 0.5) is 0 Å². The second-order valence-corrected chi connectivity index (χ2v) is 3.46. The van der Waals surface area contributed by atoms with E-state index in [9.17, 15) is 15.0 Å². The average Bonchev–Trinajstić information content (AvgIpc) is 2.31. The predicted octanol–water partition coefficient (Wildman–Crippen LogP) is -2.16. The lowest BCUT2D eigenvalue weighted by Gasteiger charge is -2.40. The first-order chi connectivity index (χ1) is 7.56. The summed E-state index contributed by atoms with van der Waals surface area (Å²) < 4.78 is 15.0. The number of ether oxygens (including phenoxy) is 3. The number of aliphatic hydroxyl groups excluding tert-OH is 2. The molecule has 1 amide bonds. The Bertz CT molecular complexity index is 248. The molecule has 0 spiro atoms. The minimum absolute atomic E-state index is 0.445. The maximum absolute atomic E-state index is 11.5. The molecule has 1 saturated heterocycles. The van der Waals surface area contributed by atoms with Gasteiger partial charge in [-0.1, -0.05) is 0 Å². The summed E-state index contributed by atoms with van der Waals surface area (Å²) in [4.78, 5) is 11.5. The topological polar surface area (TPSA) is 97.3 Å². The van der Waals surface area contributed by atoms with E-state index in [0.29, 0.717) is 0 Å². The van der Waals surface area contributed by atoms with E-state index in [1.807, 2.05) is 0 Å². The Hall–Kier alpha value is -0.730. The summed E-state index contributed by atoms with van der Waals surface area (Å²) >= 11 is 0. The molecule has 0 aliphatic carbocycles. The fraction of sp³-hybridized carbons (Fsp3) is 0.889. The number of hydrogen-bond donors (Lipinski definition) is 3. The Balaban J connectivity index is 2.85. The molecule has 5 atom stereocenters. The van der Waals surface area contributed by atoms with Crippen LogP contribution in [-0.2, 0) is 19.0 Å². The van der Waals surface area contributed by atoms with Gasteiger partial charge in [-0.25, -0.2) is 0 Å². The number of carbonyl (C=O) groups excluding carboxylic acids is 1. The number of rotatable bonds is 3. The number of aliphatic hydroxyl groups is 2. The molecule has 1 aliphatic rings. The van der Waals surface area contributed by atoms with Gasteiger partial charge in [0.15, 0.2) is 12.4 Å². The quantitative estimate of drug-likeness (QED) is 0.515. The third-order valence-electron chi connectivity index (χ3n) is 2.55. The van der Waals surface area contributed by atoms with E-state index in [4.69, 9.17) is 14.2 Å². The van der Waals surface area contributed by atoms with Crippen molar-refractivity contribution in [2.45, 2.75) is 30.7 Å². The van der Waals surface area contributed by atoms with Crippen LogP contribution in [0.3, 0.4) is 0 Å². The van der Waals surface area contributed by atoms with Crippen LogP contribution in [-0.4, -0.2) is 68.1 Å². The van der Waals surface area contributed by atoms with Crippen molar-refractivity contribution in [2.24, 2.45) is 0 Å². The van der Waals surface area contributed by atoms with Crippen molar-refractivity contribution in [3.63, 3.8) is 0 Å². The van der Waals surface area contributed by atoms with Crippen molar-refractivity contribution in [3.05, 3.63) is 0 Å². The Morgan fingerprint density at radius 3 is 2.31 bits per heavy atom. The minimum Gasteiger partial charge on any atom is -0.387 e. The maximum atomic E-state index is 11.5. The molecule has 1 fully saturated rings. The SMILES string of the molecule is CNC(=O)C1OC(OC)[C@@H](O)[C@@H](O)[C@@H]1OC. The molecule has 0 aromatic carbocycles. The van der Waals surface area contributed by atoms with Crippen LogP contribution in [0.2, 0.25) is 0 Å². The fourth-order valence-corrected chi connectivity index (χ4v) is 1.65. The maximum Gasteiger partial charge on any atom is 0.251 e. The summed E-state index contributed by atoms with van der Waals surface area (Å²) in [6.45, 7) is 0. The van der Waals surface area contributed by atoms with Crippen molar-refractivity contribution < 1.29 is 29.2 Å². The Labute approximate surface area is 93.3 Å². The summed E-state index contributed by atoms with van der Waals surface area (Å²) in [7, 11) is 4.08. The standard InChI is InChI=1S/C9H17NO6/c1-10-8(13)7-6(14-2)4(11)5(12)9(15-3)16-7/h4-7,9,11-12H,1-3H3,(H,10,13)/t4-,5+,6+,7?,9?/m1/s1. The Kier molecular flexibility index (Phi) is 4.63. The first-order valence-corrected chi connectivity index (χ1v) is 4.85. The van der Waals surface area contributed by atoms with Crippen LogP contribution in [0, 0.1) is 0 Å². The van der Waals surface area contributed by atoms with E-state index in [-0.39, 0.29) is 0 Å². The van der Waals surface area contributed by atoms with Gasteiger partial charge < -0.3 is 29.7 Å². The summed E-state index contributed by atoms with van der Waals surface area (Å²) in [5.41, 5.74) is 0. The second-order valence-electron chi connectivity index (χ2n) is 3.46. The normalized spacial score (nSPS) is 39.4. The number of amides is 1. The van der Waals surface area contributed by atoms with Gasteiger partial charge in [-0.15, -0.1) is 0 Å². The fourth-order valence-electron chi connectivity index (χ4n) is 1.65. The monoisotopic (exact) mass is 235 g/mol.